The number of aromatic hydroxyl groups is 1. The highest BCUT2D eigenvalue weighted by atomic mass is 16.3. The van der Waals surface area contributed by atoms with Crippen LogP contribution in [0.15, 0.2) is 12.1 Å². The average Bonchev–Trinajstić information content (AvgIpc) is 2.52. The monoisotopic (exact) mass is 332 g/mol. The predicted octanol–water partition coefficient (Wildman–Crippen LogP) is 3.13. The fourth-order valence-electron chi connectivity index (χ4n) is 5.20. The molecule has 1 aromatic carbocycles. The smallest absolute Gasteiger partial charge is 0.191 e. The topological polar surface area (TPSA) is 77.8 Å². The Labute approximate surface area is 143 Å². The van der Waals surface area contributed by atoms with Gasteiger partial charge in [-0.05, 0) is 52.8 Å². The van der Waals surface area contributed by atoms with E-state index in [4.69, 9.17) is 0 Å². The number of aliphatic hydroxyl groups is 2. The Morgan fingerprint density at radius 3 is 2.50 bits per heavy atom. The molecule has 24 heavy (non-hydrogen) atoms. The van der Waals surface area contributed by atoms with Gasteiger partial charge in [0.15, 0.2) is 5.78 Å². The maximum Gasteiger partial charge on any atom is 0.191 e. The van der Waals surface area contributed by atoms with Gasteiger partial charge in [0.1, 0.15) is 11.9 Å². The van der Waals surface area contributed by atoms with Crippen molar-refractivity contribution >= 4 is 5.78 Å². The van der Waals surface area contributed by atoms with Crippen LogP contribution < -0.4 is 0 Å². The Hall–Kier alpha value is -1.39. The van der Waals surface area contributed by atoms with Crippen LogP contribution in [0.25, 0.3) is 0 Å². The van der Waals surface area contributed by atoms with Gasteiger partial charge in [0.25, 0.3) is 0 Å². The molecule has 0 unspecified atom stereocenters. The van der Waals surface area contributed by atoms with Gasteiger partial charge >= 0.3 is 0 Å². The van der Waals surface area contributed by atoms with Gasteiger partial charge in [0.05, 0.1) is 0 Å². The molecule has 1 saturated carbocycles. The van der Waals surface area contributed by atoms with Crippen LogP contribution in [0, 0.1) is 11.3 Å². The molecule has 0 amide bonds. The van der Waals surface area contributed by atoms with E-state index in [1.807, 2.05) is 20.8 Å². The number of hydrogen-bond acceptors (Lipinski definition) is 4. The number of fused-ring (bicyclic) bond motifs is 3. The summed E-state index contributed by atoms with van der Waals surface area (Å²) in [6.07, 6.45) is 1.45. The number of benzene rings is 1. The molecular weight excluding hydrogens is 304 g/mol. The predicted molar refractivity (Wildman–Crippen MR) is 92.4 cm³/mol. The highest BCUT2D eigenvalue weighted by Gasteiger charge is 2.58. The van der Waals surface area contributed by atoms with Gasteiger partial charge in [0, 0.05) is 18.1 Å². The molecular formula is C20H28O4. The molecule has 0 bridgehead atoms. The molecule has 2 aliphatic carbocycles. The first-order valence-corrected chi connectivity index (χ1v) is 8.86. The molecule has 0 saturated heterocycles. The minimum absolute atomic E-state index is 0.0526. The first kappa shape index (κ1) is 17.4. The Morgan fingerprint density at radius 2 is 1.92 bits per heavy atom. The standard InChI is InChI=1S/C20H28O4/c1-11(2)12-8-13-14(9-15(12)22)20(4)7-5-6-19(3,10-21)18(20)17(24)16(13)23/h8-9,11,17-18,21-22,24H,5-7,10H2,1-4H3/t17-,18-,19-,20+/m0/s1. The normalized spacial score (nSPS) is 35.7. The summed E-state index contributed by atoms with van der Waals surface area (Å²) in [6.45, 7) is 7.91. The molecule has 0 heterocycles. The van der Waals surface area contributed by atoms with Crippen molar-refractivity contribution in [2.75, 3.05) is 6.61 Å². The van der Waals surface area contributed by atoms with Crippen molar-refractivity contribution in [3.63, 3.8) is 0 Å². The first-order chi connectivity index (χ1) is 11.2. The second kappa shape index (κ2) is 5.57. The Bertz CT molecular complexity index is 680. The van der Waals surface area contributed by atoms with Gasteiger partial charge < -0.3 is 15.3 Å². The SMILES string of the molecule is CC(C)c1cc2c(cc1O)[C@@]1(C)CCC[C@@](C)(CO)[C@@H]1[C@@H](O)C2=O. The molecule has 0 aliphatic heterocycles. The summed E-state index contributed by atoms with van der Waals surface area (Å²) >= 11 is 0. The lowest BCUT2D eigenvalue weighted by molar-refractivity contribution is -0.0705. The number of carbonyl (C=O) groups is 1. The second-order valence-electron chi connectivity index (χ2n) is 8.48. The maximum atomic E-state index is 12.9. The van der Waals surface area contributed by atoms with Gasteiger partial charge in [0.2, 0.25) is 0 Å². The Kier molecular flexibility index (Phi) is 4.04. The first-order valence-electron chi connectivity index (χ1n) is 8.86. The van der Waals surface area contributed by atoms with Crippen LogP contribution in [-0.2, 0) is 5.41 Å². The number of phenolic OH excluding ortho intramolecular Hbond substituents is 1. The van der Waals surface area contributed by atoms with Gasteiger partial charge in [-0.25, -0.2) is 0 Å². The molecule has 3 rings (SSSR count). The minimum atomic E-state index is -1.11. The molecule has 0 aromatic heterocycles. The zero-order chi connectivity index (χ0) is 17.9. The number of phenols is 1. The summed E-state index contributed by atoms with van der Waals surface area (Å²) in [5.41, 5.74) is 1.17. The van der Waals surface area contributed by atoms with Crippen molar-refractivity contribution in [2.24, 2.45) is 11.3 Å². The van der Waals surface area contributed by atoms with Gasteiger partial charge in [-0.1, -0.05) is 34.1 Å². The van der Waals surface area contributed by atoms with E-state index in [9.17, 15) is 20.1 Å². The molecule has 3 N–H and O–H groups in total. The van der Waals surface area contributed by atoms with E-state index >= 15 is 0 Å². The highest BCUT2D eigenvalue weighted by molar-refractivity contribution is 6.03. The van der Waals surface area contributed by atoms with Crippen LogP contribution in [0.5, 0.6) is 5.75 Å². The Balaban J connectivity index is 2.25. The van der Waals surface area contributed by atoms with E-state index < -0.39 is 16.9 Å². The Morgan fingerprint density at radius 1 is 1.25 bits per heavy atom. The van der Waals surface area contributed by atoms with Crippen molar-refractivity contribution < 1.29 is 20.1 Å². The van der Waals surface area contributed by atoms with E-state index in [-0.39, 0.29) is 30.0 Å². The van der Waals surface area contributed by atoms with Crippen molar-refractivity contribution in [1.29, 1.82) is 0 Å². The minimum Gasteiger partial charge on any atom is -0.508 e. The number of hydrogen-bond donors (Lipinski definition) is 3. The van der Waals surface area contributed by atoms with E-state index in [1.165, 1.54) is 0 Å². The number of carbonyl (C=O) groups excluding carboxylic acids is 1. The van der Waals surface area contributed by atoms with E-state index in [0.717, 1.165) is 30.4 Å². The zero-order valence-corrected chi connectivity index (χ0v) is 15.0. The van der Waals surface area contributed by atoms with Crippen LogP contribution in [-0.4, -0.2) is 33.8 Å². The number of rotatable bonds is 2. The summed E-state index contributed by atoms with van der Waals surface area (Å²) in [6, 6.07) is 3.48. The van der Waals surface area contributed by atoms with E-state index in [1.54, 1.807) is 12.1 Å². The molecule has 4 atom stereocenters. The zero-order valence-electron chi connectivity index (χ0n) is 15.0. The average molecular weight is 332 g/mol. The summed E-state index contributed by atoms with van der Waals surface area (Å²) in [7, 11) is 0. The van der Waals surface area contributed by atoms with E-state index in [2.05, 4.69) is 6.92 Å². The highest BCUT2D eigenvalue weighted by Crippen LogP contribution is 2.57. The lowest BCUT2D eigenvalue weighted by atomic mass is 9.49. The summed E-state index contributed by atoms with van der Waals surface area (Å²) < 4.78 is 0. The third-order valence-corrected chi connectivity index (χ3v) is 6.50. The van der Waals surface area contributed by atoms with Gasteiger partial charge in [-0.2, -0.15) is 0 Å². The fourth-order valence-corrected chi connectivity index (χ4v) is 5.20. The van der Waals surface area contributed by atoms with Gasteiger partial charge in [-0.15, -0.1) is 0 Å². The lowest BCUT2D eigenvalue weighted by Gasteiger charge is -2.56. The van der Waals surface area contributed by atoms with Crippen molar-refractivity contribution in [2.45, 2.75) is 64.4 Å². The molecule has 4 heteroatoms. The summed E-state index contributed by atoms with van der Waals surface area (Å²) in [5, 5.41) is 31.2. The molecule has 2 aliphatic rings. The van der Waals surface area contributed by atoms with Crippen molar-refractivity contribution in [3.05, 3.63) is 28.8 Å². The molecule has 132 valence electrons. The largest absolute Gasteiger partial charge is 0.508 e. The van der Waals surface area contributed by atoms with Crippen molar-refractivity contribution in [3.8, 4) is 5.75 Å². The third kappa shape index (κ3) is 2.23. The number of aliphatic hydroxyl groups excluding tert-OH is 2. The van der Waals surface area contributed by atoms with Crippen LogP contribution >= 0.6 is 0 Å². The summed E-state index contributed by atoms with van der Waals surface area (Å²) in [5.74, 6) is -0.312. The van der Waals surface area contributed by atoms with Crippen LogP contribution in [0.1, 0.15) is 74.4 Å². The third-order valence-electron chi connectivity index (χ3n) is 6.50. The number of ketones is 1. The number of Topliss-reactive ketones (excluding diaryl/α,β-unsaturated/α-hetero) is 1. The van der Waals surface area contributed by atoms with Crippen LogP contribution in [0.4, 0.5) is 0 Å². The van der Waals surface area contributed by atoms with Gasteiger partial charge in [-0.3, -0.25) is 4.79 Å². The summed E-state index contributed by atoms with van der Waals surface area (Å²) in [4.78, 5) is 12.9. The van der Waals surface area contributed by atoms with Crippen LogP contribution in [0.2, 0.25) is 0 Å². The fraction of sp³-hybridized carbons (Fsp3) is 0.650. The molecule has 4 nitrogen and oxygen atoms in total. The van der Waals surface area contributed by atoms with Crippen molar-refractivity contribution in [1.82, 2.24) is 0 Å². The quantitative estimate of drug-likeness (QED) is 0.777. The maximum absolute atomic E-state index is 12.9. The molecule has 1 aromatic rings. The van der Waals surface area contributed by atoms with E-state index in [0.29, 0.717) is 5.56 Å². The second-order valence-corrected chi connectivity index (χ2v) is 8.48. The lowest BCUT2D eigenvalue weighted by Crippen LogP contribution is -2.58. The molecule has 1 fully saturated rings. The molecule has 0 radical (unpaired) electrons. The van der Waals surface area contributed by atoms with Crippen LogP contribution in [0.3, 0.4) is 0 Å². The molecule has 0 spiro atoms.